The maximum atomic E-state index is 12.7. The zero-order chi connectivity index (χ0) is 16.0. The third kappa shape index (κ3) is 5.96. The van der Waals surface area contributed by atoms with Gasteiger partial charge in [-0.05, 0) is 20.8 Å². The number of thiazole rings is 1. The van der Waals surface area contributed by atoms with Crippen LogP contribution in [0.15, 0.2) is 27.6 Å². The Hall–Kier alpha value is -1.22. The highest BCUT2D eigenvalue weighted by atomic mass is 32.2. The molecule has 0 spiro atoms. The Morgan fingerprint density at radius 2 is 2.14 bits per heavy atom. The summed E-state index contributed by atoms with van der Waals surface area (Å²) in [5.41, 5.74) is 0.574. The largest absolute Gasteiger partial charge is 0.393 e. The van der Waals surface area contributed by atoms with E-state index in [9.17, 15) is 17.4 Å². The molecule has 0 aliphatic rings. The van der Waals surface area contributed by atoms with Gasteiger partial charge in [0.15, 0.2) is 10.2 Å². The first kappa shape index (κ1) is 17.8. The van der Waals surface area contributed by atoms with Crippen molar-refractivity contribution >= 4 is 27.8 Å². The lowest BCUT2D eigenvalue weighted by Crippen LogP contribution is -2.00. The molecule has 1 aromatic heterocycles. The first-order valence-electron chi connectivity index (χ1n) is 6.06. The predicted molar refractivity (Wildman–Crippen MR) is 76.8 cm³/mol. The van der Waals surface area contributed by atoms with Gasteiger partial charge in [-0.25, -0.2) is 9.37 Å². The molecule has 0 bridgehead atoms. The van der Waals surface area contributed by atoms with E-state index in [1.54, 1.807) is 6.92 Å². The second kappa shape index (κ2) is 8.28. The molecule has 1 rings (SSSR count). The molecule has 0 fully saturated rings. The van der Waals surface area contributed by atoms with Gasteiger partial charge in [-0.2, -0.15) is 8.78 Å². The van der Waals surface area contributed by atoms with E-state index in [1.165, 1.54) is 6.20 Å². The second-order valence-corrected chi connectivity index (χ2v) is 7.06. The molecular weight excluding hydrogens is 325 g/mol. The van der Waals surface area contributed by atoms with Crippen molar-refractivity contribution in [3.05, 3.63) is 23.0 Å². The zero-order valence-corrected chi connectivity index (χ0v) is 13.4. The molecule has 1 unspecified atom stereocenters. The second-order valence-electron chi connectivity index (χ2n) is 4.29. The minimum atomic E-state index is -2.37. The molecule has 0 saturated heterocycles. The summed E-state index contributed by atoms with van der Waals surface area (Å²) < 4.78 is 48.5. The number of hydrogen-bond donors (Lipinski definition) is 0. The molecule has 0 aliphatic carbocycles. The van der Waals surface area contributed by atoms with Gasteiger partial charge in [0, 0.05) is 18.4 Å². The Morgan fingerprint density at radius 1 is 1.48 bits per heavy atom. The summed E-state index contributed by atoms with van der Waals surface area (Å²) in [6.07, 6.45) is -1.54. The van der Waals surface area contributed by atoms with Gasteiger partial charge in [0.05, 0.1) is 21.4 Å². The lowest BCUT2D eigenvalue weighted by Gasteiger charge is -2.02. The van der Waals surface area contributed by atoms with E-state index in [-0.39, 0.29) is 16.2 Å². The number of rotatable bonds is 7. The Kier molecular flexibility index (Phi) is 7.03. The van der Waals surface area contributed by atoms with Gasteiger partial charge >= 0.3 is 6.08 Å². The van der Waals surface area contributed by atoms with Gasteiger partial charge in [0.1, 0.15) is 6.10 Å². The standard InChI is InChI=1S/C12H15F3N2O2S2/c1-7(2)19-17-8(3)10-6-16-12(20-10)21(18)5-4-9(13)11(14)15/h6-7H,4-5H2,1-3H3/b17-8+. The zero-order valence-electron chi connectivity index (χ0n) is 11.7. The van der Waals surface area contributed by atoms with Crippen LogP contribution in [0.3, 0.4) is 0 Å². The van der Waals surface area contributed by atoms with Crippen LogP contribution in [0.1, 0.15) is 32.1 Å². The topological polar surface area (TPSA) is 51.6 Å². The molecule has 1 aromatic rings. The van der Waals surface area contributed by atoms with Gasteiger partial charge in [-0.15, -0.1) is 11.3 Å². The van der Waals surface area contributed by atoms with E-state index >= 15 is 0 Å². The minimum absolute atomic E-state index is 0.0631. The van der Waals surface area contributed by atoms with Crippen LogP contribution in [-0.4, -0.2) is 26.8 Å². The Bertz CT molecular complexity index is 567. The van der Waals surface area contributed by atoms with E-state index in [4.69, 9.17) is 4.84 Å². The maximum Gasteiger partial charge on any atom is 0.301 e. The van der Waals surface area contributed by atoms with Crippen LogP contribution >= 0.6 is 11.3 Å². The van der Waals surface area contributed by atoms with Gasteiger partial charge in [0.25, 0.3) is 0 Å². The van der Waals surface area contributed by atoms with Crippen LogP contribution in [0.5, 0.6) is 0 Å². The summed E-state index contributed by atoms with van der Waals surface area (Å²) >= 11 is 1.11. The van der Waals surface area contributed by atoms with Gasteiger partial charge in [-0.3, -0.25) is 4.21 Å². The number of halogens is 3. The van der Waals surface area contributed by atoms with Crippen LogP contribution in [0.25, 0.3) is 0 Å². The fraction of sp³-hybridized carbons (Fsp3) is 0.500. The maximum absolute atomic E-state index is 12.7. The van der Waals surface area contributed by atoms with Crippen molar-refractivity contribution < 1.29 is 22.2 Å². The van der Waals surface area contributed by atoms with Crippen LogP contribution < -0.4 is 0 Å². The molecule has 0 amide bonds. The summed E-state index contributed by atoms with van der Waals surface area (Å²) in [5.74, 6) is -1.78. The smallest absolute Gasteiger partial charge is 0.301 e. The Labute approximate surface area is 127 Å². The number of nitrogens with zero attached hydrogens (tertiary/aromatic N) is 2. The van der Waals surface area contributed by atoms with Crippen LogP contribution in [0.4, 0.5) is 13.2 Å². The Balaban J connectivity index is 2.68. The summed E-state index contributed by atoms with van der Waals surface area (Å²) in [7, 11) is -1.62. The average Bonchev–Trinajstić information content (AvgIpc) is 2.91. The lowest BCUT2D eigenvalue weighted by atomic mass is 10.4. The van der Waals surface area contributed by atoms with Crippen LogP contribution in [0, 0.1) is 0 Å². The molecular formula is C12H15F3N2O2S2. The quantitative estimate of drug-likeness (QED) is 0.559. The van der Waals surface area contributed by atoms with Crippen molar-refractivity contribution in [1.82, 2.24) is 4.98 Å². The van der Waals surface area contributed by atoms with Gasteiger partial charge in [-0.1, -0.05) is 5.16 Å². The highest BCUT2D eigenvalue weighted by molar-refractivity contribution is 7.87. The molecule has 21 heavy (non-hydrogen) atoms. The molecule has 9 heteroatoms. The molecule has 0 aromatic carbocycles. The Morgan fingerprint density at radius 3 is 2.71 bits per heavy atom. The predicted octanol–water partition coefficient (Wildman–Crippen LogP) is 3.87. The van der Waals surface area contributed by atoms with Gasteiger partial charge < -0.3 is 4.84 Å². The number of aromatic nitrogens is 1. The highest BCUT2D eigenvalue weighted by Gasteiger charge is 2.14. The number of allylic oxidation sites excluding steroid dienone is 1. The van der Waals surface area contributed by atoms with Crippen molar-refractivity contribution in [1.29, 1.82) is 0 Å². The fourth-order valence-electron chi connectivity index (χ4n) is 1.12. The molecule has 118 valence electrons. The monoisotopic (exact) mass is 340 g/mol. The number of hydrogen-bond acceptors (Lipinski definition) is 5. The summed E-state index contributed by atoms with van der Waals surface area (Å²) in [6, 6.07) is 0. The summed E-state index contributed by atoms with van der Waals surface area (Å²) in [4.78, 5) is 9.69. The average molecular weight is 340 g/mol. The molecule has 0 saturated carbocycles. The van der Waals surface area contributed by atoms with Crippen LogP contribution in [-0.2, 0) is 15.6 Å². The van der Waals surface area contributed by atoms with E-state index in [0.717, 1.165) is 11.3 Å². The molecule has 4 nitrogen and oxygen atoms in total. The highest BCUT2D eigenvalue weighted by Crippen LogP contribution is 2.20. The third-order valence-corrected chi connectivity index (χ3v) is 4.93. The third-order valence-electron chi connectivity index (χ3n) is 2.15. The molecule has 1 atom stereocenters. The number of oxime groups is 1. The minimum Gasteiger partial charge on any atom is -0.393 e. The van der Waals surface area contributed by atoms with E-state index in [0.29, 0.717) is 10.6 Å². The summed E-state index contributed by atoms with van der Waals surface area (Å²) in [6.45, 7) is 5.37. The SMILES string of the molecule is C/C(=N\OC(C)C)c1cnc(S(=O)CCC(F)=C(F)F)s1. The van der Waals surface area contributed by atoms with Gasteiger partial charge in [0.2, 0.25) is 0 Å². The van der Waals surface area contributed by atoms with Crippen molar-refractivity contribution in [2.75, 3.05) is 5.75 Å². The molecule has 0 aliphatic heterocycles. The van der Waals surface area contributed by atoms with Crippen LogP contribution in [0.2, 0.25) is 0 Å². The lowest BCUT2D eigenvalue weighted by molar-refractivity contribution is 0.0860. The molecule has 0 radical (unpaired) electrons. The first-order valence-corrected chi connectivity index (χ1v) is 8.19. The van der Waals surface area contributed by atoms with Crippen molar-refractivity contribution in [2.45, 2.75) is 37.6 Å². The van der Waals surface area contributed by atoms with Crippen molar-refractivity contribution in [3.8, 4) is 0 Å². The van der Waals surface area contributed by atoms with Crippen molar-refractivity contribution in [2.24, 2.45) is 5.16 Å². The molecule has 1 heterocycles. The first-order chi connectivity index (χ1) is 9.81. The molecule has 0 N–H and O–H groups in total. The fourth-order valence-corrected chi connectivity index (χ4v) is 3.31. The van der Waals surface area contributed by atoms with E-state index < -0.39 is 29.1 Å². The van der Waals surface area contributed by atoms with E-state index in [1.807, 2.05) is 13.8 Å². The van der Waals surface area contributed by atoms with Crippen molar-refractivity contribution in [3.63, 3.8) is 0 Å². The normalized spacial score (nSPS) is 13.4. The van der Waals surface area contributed by atoms with E-state index in [2.05, 4.69) is 10.1 Å². The summed E-state index contributed by atoms with van der Waals surface area (Å²) in [5, 5.41) is 3.89.